The summed E-state index contributed by atoms with van der Waals surface area (Å²) in [6.45, 7) is -0.710. The van der Waals surface area contributed by atoms with E-state index < -0.39 is 6.61 Å². The summed E-state index contributed by atoms with van der Waals surface area (Å²) >= 11 is 0. The minimum Gasteiger partial charge on any atom is -0.435 e. The lowest BCUT2D eigenvalue weighted by atomic mass is 10.2. The first kappa shape index (κ1) is 21.1. The molecule has 0 saturated heterocycles. The van der Waals surface area contributed by atoms with E-state index in [-0.39, 0.29) is 29.7 Å². The molecular formula is C16H22F2IN5O. The predicted octanol–water partition coefficient (Wildman–Crippen LogP) is 2.81. The number of aromatic nitrogens is 2. The van der Waals surface area contributed by atoms with E-state index in [4.69, 9.17) is 0 Å². The van der Waals surface area contributed by atoms with Gasteiger partial charge < -0.3 is 19.5 Å². The summed E-state index contributed by atoms with van der Waals surface area (Å²) in [6.07, 6.45) is 5.40. The zero-order valence-electron chi connectivity index (χ0n) is 14.1. The van der Waals surface area contributed by atoms with Crippen molar-refractivity contribution in [2.75, 3.05) is 20.6 Å². The van der Waals surface area contributed by atoms with Gasteiger partial charge in [0.1, 0.15) is 5.75 Å². The number of benzene rings is 1. The van der Waals surface area contributed by atoms with Crippen molar-refractivity contribution in [1.82, 2.24) is 19.8 Å². The number of alkyl halides is 2. The summed E-state index contributed by atoms with van der Waals surface area (Å²) < 4.78 is 30.6. The molecule has 1 aromatic heterocycles. The van der Waals surface area contributed by atoms with Crippen molar-refractivity contribution in [3.05, 3.63) is 48.5 Å². The van der Waals surface area contributed by atoms with E-state index >= 15 is 0 Å². The van der Waals surface area contributed by atoms with Gasteiger partial charge in [-0.3, -0.25) is 4.99 Å². The van der Waals surface area contributed by atoms with Crippen LogP contribution in [0.4, 0.5) is 8.78 Å². The van der Waals surface area contributed by atoms with Crippen LogP contribution in [0.25, 0.3) is 0 Å². The van der Waals surface area contributed by atoms with E-state index in [9.17, 15) is 8.78 Å². The summed E-state index contributed by atoms with van der Waals surface area (Å²) in [7, 11) is 3.63. The average molecular weight is 465 g/mol. The van der Waals surface area contributed by atoms with Gasteiger partial charge in [0.2, 0.25) is 0 Å². The van der Waals surface area contributed by atoms with Crippen molar-refractivity contribution in [2.45, 2.75) is 19.7 Å². The minimum absolute atomic E-state index is 0. The molecule has 0 amide bonds. The lowest BCUT2D eigenvalue weighted by molar-refractivity contribution is -0.0498. The number of hydrogen-bond acceptors (Lipinski definition) is 3. The molecule has 1 heterocycles. The minimum atomic E-state index is -2.81. The highest BCUT2D eigenvalue weighted by Gasteiger charge is 2.08. The Morgan fingerprint density at radius 2 is 2.08 bits per heavy atom. The van der Waals surface area contributed by atoms with Crippen molar-refractivity contribution >= 4 is 29.9 Å². The van der Waals surface area contributed by atoms with Crippen LogP contribution in [0.1, 0.15) is 5.56 Å². The SMILES string of the molecule is CN=C(NCCn1ccnc1)N(C)Cc1ccc(OC(F)F)cc1.I. The molecule has 25 heavy (non-hydrogen) atoms. The van der Waals surface area contributed by atoms with E-state index in [1.54, 1.807) is 31.7 Å². The normalized spacial score (nSPS) is 11.2. The Morgan fingerprint density at radius 3 is 2.64 bits per heavy atom. The molecule has 0 radical (unpaired) electrons. The number of nitrogens with one attached hydrogen (secondary N) is 1. The van der Waals surface area contributed by atoms with E-state index in [0.717, 1.165) is 18.1 Å². The van der Waals surface area contributed by atoms with Gasteiger partial charge in [0, 0.05) is 46.1 Å². The van der Waals surface area contributed by atoms with Crippen LogP contribution < -0.4 is 10.1 Å². The molecule has 2 rings (SSSR count). The van der Waals surface area contributed by atoms with Gasteiger partial charge in [-0.25, -0.2) is 4.98 Å². The molecule has 0 aliphatic carbocycles. The fourth-order valence-corrected chi connectivity index (χ4v) is 2.23. The molecule has 0 unspecified atom stereocenters. The zero-order chi connectivity index (χ0) is 17.4. The molecule has 2 aromatic rings. The number of halogens is 3. The van der Waals surface area contributed by atoms with Gasteiger partial charge in [0.25, 0.3) is 0 Å². The fourth-order valence-electron chi connectivity index (χ4n) is 2.23. The molecule has 0 aliphatic rings. The molecule has 0 saturated carbocycles. The largest absolute Gasteiger partial charge is 0.435 e. The molecule has 138 valence electrons. The van der Waals surface area contributed by atoms with Crippen LogP contribution in [0.2, 0.25) is 0 Å². The summed E-state index contributed by atoms with van der Waals surface area (Å²) in [4.78, 5) is 10.2. The lowest BCUT2D eigenvalue weighted by Gasteiger charge is -2.22. The molecule has 1 aromatic carbocycles. The molecule has 9 heteroatoms. The number of nitrogens with zero attached hydrogens (tertiary/aromatic N) is 4. The van der Waals surface area contributed by atoms with Gasteiger partial charge in [-0.2, -0.15) is 8.78 Å². The first-order chi connectivity index (χ1) is 11.6. The Kier molecular flexibility index (Phi) is 9.17. The first-order valence-electron chi connectivity index (χ1n) is 7.49. The van der Waals surface area contributed by atoms with E-state index in [2.05, 4.69) is 20.0 Å². The van der Waals surface area contributed by atoms with Crippen LogP contribution in [0.3, 0.4) is 0 Å². The van der Waals surface area contributed by atoms with E-state index in [1.807, 2.05) is 22.7 Å². The standard InChI is InChI=1S/C16H21F2N5O.HI/c1-19-16(21-8-10-23-9-7-20-12-23)22(2)11-13-3-5-14(6-4-13)24-15(17)18;/h3-7,9,12,15H,8,10-11H2,1-2H3,(H,19,21);1H. The summed E-state index contributed by atoms with van der Waals surface area (Å²) in [5, 5.41) is 3.27. The first-order valence-corrected chi connectivity index (χ1v) is 7.49. The molecule has 0 bridgehead atoms. The third-order valence-corrected chi connectivity index (χ3v) is 3.35. The summed E-state index contributed by atoms with van der Waals surface area (Å²) in [6, 6.07) is 6.58. The van der Waals surface area contributed by atoms with Crippen LogP contribution in [-0.2, 0) is 13.1 Å². The van der Waals surface area contributed by atoms with Gasteiger partial charge in [-0.1, -0.05) is 12.1 Å². The fraction of sp³-hybridized carbons (Fsp3) is 0.375. The third-order valence-electron chi connectivity index (χ3n) is 3.35. The number of rotatable bonds is 7. The van der Waals surface area contributed by atoms with Crippen molar-refractivity contribution in [3.8, 4) is 5.75 Å². The Morgan fingerprint density at radius 1 is 1.36 bits per heavy atom. The Hall–Kier alpha value is -1.91. The van der Waals surface area contributed by atoms with Crippen molar-refractivity contribution in [2.24, 2.45) is 4.99 Å². The van der Waals surface area contributed by atoms with Crippen LogP contribution in [-0.4, -0.2) is 47.7 Å². The van der Waals surface area contributed by atoms with E-state index in [0.29, 0.717) is 13.1 Å². The number of hydrogen-bond donors (Lipinski definition) is 1. The van der Waals surface area contributed by atoms with Crippen LogP contribution in [0.15, 0.2) is 48.0 Å². The van der Waals surface area contributed by atoms with Gasteiger partial charge in [-0.15, -0.1) is 24.0 Å². The Balaban J connectivity index is 0.00000312. The molecular weight excluding hydrogens is 443 g/mol. The number of aliphatic imine (C=N–C) groups is 1. The number of ether oxygens (including phenoxy) is 1. The van der Waals surface area contributed by atoms with Gasteiger partial charge in [0.05, 0.1) is 6.33 Å². The van der Waals surface area contributed by atoms with Crippen molar-refractivity contribution in [1.29, 1.82) is 0 Å². The highest BCUT2D eigenvalue weighted by molar-refractivity contribution is 14.0. The van der Waals surface area contributed by atoms with Crippen LogP contribution >= 0.6 is 24.0 Å². The predicted molar refractivity (Wildman–Crippen MR) is 104 cm³/mol. The molecule has 0 atom stereocenters. The average Bonchev–Trinajstić information content (AvgIpc) is 3.06. The second-order valence-corrected chi connectivity index (χ2v) is 5.15. The second-order valence-electron chi connectivity index (χ2n) is 5.15. The summed E-state index contributed by atoms with van der Waals surface area (Å²) in [5.74, 6) is 0.905. The third kappa shape index (κ3) is 7.24. The maximum atomic E-state index is 12.1. The van der Waals surface area contributed by atoms with Gasteiger partial charge >= 0.3 is 6.61 Å². The number of guanidine groups is 1. The van der Waals surface area contributed by atoms with Gasteiger partial charge in [0.15, 0.2) is 5.96 Å². The summed E-state index contributed by atoms with van der Waals surface area (Å²) in [5.41, 5.74) is 0.969. The lowest BCUT2D eigenvalue weighted by Crippen LogP contribution is -2.39. The maximum absolute atomic E-state index is 12.1. The highest BCUT2D eigenvalue weighted by Crippen LogP contribution is 2.15. The maximum Gasteiger partial charge on any atom is 0.387 e. The number of imidazole rings is 1. The monoisotopic (exact) mass is 465 g/mol. The molecule has 6 nitrogen and oxygen atoms in total. The van der Waals surface area contributed by atoms with Crippen molar-refractivity contribution in [3.63, 3.8) is 0 Å². The van der Waals surface area contributed by atoms with Crippen LogP contribution in [0, 0.1) is 0 Å². The van der Waals surface area contributed by atoms with Gasteiger partial charge in [-0.05, 0) is 17.7 Å². The zero-order valence-corrected chi connectivity index (χ0v) is 16.4. The highest BCUT2D eigenvalue weighted by atomic mass is 127. The quantitative estimate of drug-likeness (QED) is 0.389. The second kappa shape index (κ2) is 10.9. The smallest absolute Gasteiger partial charge is 0.387 e. The molecule has 0 aliphatic heterocycles. The Bertz CT molecular complexity index is 634. The molecule has 0 fully saturated rings. The van der Waals surface area contributed by atoms with Crippen LogP contribution in [0.5, 0.6) is 5.75 Å². The molecule has 1 N–H and O–H groups in total. The Labute approximate surface area is 162 Å². The molecule has 0 spiro atoms. The van der Waals surface area contributed by atoms with E-state index in [1.165, 1.54) is 12.1 Å². The topological polar surface area (TPSA) is 54.7 Å². The van der Waals surface area contributed by atoms with Crippen molar-refractivity contribution < 1.29 is 13.5 Å².